The van der Waals surface area contributed by atoms with Gasteiger partial charge in [0.1, 0.15) is 24.3 Å². The topological polar surface area (TPSA) is 88.1 Å². The number of nitrogens with one attached hydrogen (secondary N) is 2. The minimum atomic E-state index is -0.250. The number of rotatable bonds is 12. The molecular weight excluding hydrogens is 503 g/mol. The number of allylic oxidation sites excluding steroid dienone is 1. The minimum absolute atomic E-state index is 0.0991. The molecule has 2 N–H and O–H groups in total. The monoisotopic (exact) mass is 540 g/mol. The molecule has 1 aliphatic rings. The zero-order valence-electron chi connectivity index (χ0n) is 23.3. The fourth-order valence-electron chi connectivity index (χ4n) is 5.50. The number of aromatic nitrogens is 4. The van der Waals surface area contributed by atoms with Crippen LogP contribution in [-0.4, -0.2) is 31.7 Å². The van der Waals surface area contributed by atoms with Gasteiger partial charge in [-0.3, -0.25) is 4.99 Å². The first-order valence-corrected chi connectivity index (χ1v) is 14.1. The summed E-state index contributed by atoms with van der Waals surface area (Å²) < 4.78 is 19.6. The molecule has 2 heterocycles. The van der Waals surface area contributed by atoms with Crippen molar-refractivity contribution in [2.45, 2.75) is 59.1 Å². The molecule has 2 aromatic carbocycles. The highest BCUT2D eigenvalue weighted by atomic mass is 19.1. The summed E-state index contributed by atoms with van der Waals surface area (Å²) in [6.07, 6.45) is 11.5. The van der Waals surface area contributed by atoms with E-state index in [-0.39, 0.29) is 17.8 Å². The fraction of sp³-hybridized carbons (Fsp3) is 0.375. The van der Waals surface area contributed by atoms with Crippen LogP contribution in [0.5, 0.6) is 0 Å². The van der Waals surface area contributed by atoms with Gasteiger partial charge < -0.3 is 15.0 Å². The number of ether oxygens (including phenoxy) is 1. The van der Waals surface area contributed by atoms with Crippen molar-refractivity contribution in [2.75, 3.05) is 5.32 Å². The molecule has 7 nitrogen and oxygen atoms in total. The Bertz CT molecular complexity index is 1460. The molecule has 2 atom stereocenters. The Labute approximate surface area is 235 Å². The third-order valence-corrected chi connectivity index (χ3v) is 7.77. The molecule has 0 radical (unpaired) electrons. The Hall–Kier alpha value is -4.07. The van der Waals surface area contributed by atoms with Crippen molar-refractivity contribution < 1.29 is 9.13 Å². The normalized spacial score (nSPS) is 18.9. The van der Waals surface area contributed by atoms with Crippen molar-refractivity contribution in [3.05, 3.63) is 90.5 Å². The maximum Gasteiger partial charge on any atom is 0.182 e. The number of imidazole rings is 1. The van der Waals surface area contributed by atoms with Crippen LogP contribution >= 0.6 is 0 Å². The molecule has 4 aromatic rings. The Kier molecular flexibility index (Phi) is 8.84. The minimum Gasteiger partial charge on any atom is -0.497 e. The maximum atomic E-state index is 13.8. The molecule has 40 heavy (non-hydrogen) atoms. The number of aliphatic imine (C=N–C) groups is 1. The first-order chi connectivity index (χ1) is 19.5. The van der Waals surface area contributed by atoms with Gasteiger partial charge in [0.2, 0.25) is 0 Å². The fourth-order valence-corrected chi connectivity index (χ4v) is 5.50. The lowest BCUT2D eigenvalue weighted by Gasteiger charge is -2.37. The van der Waals surface area contributed by atoms with Crippen molar-refractivity contribution in [1.29, 1.82) is 0 Å². The van der Waals surface area contributed by atoms with E-state index in [4.69, 9.17) is 9.73 Å². The van der Waals surface area contributed by atoms with E-state index in [2.05, 4.69) is 57.3 Å². The van der Waals surface area contributed by atoms with E-state index >= 15 is 0 Å². The second kappa shape index (κ2) is 12.9. The molecule has 1 saturated carbocycles. The van der Waals surface area contributed by atoms with E-state index < -0.39 is 0 Å². The van der Waals surface area contributed by atoms with Crippen molar-refractivity contribution in [2.24, 2.45) is 22.7 Å². The van der Waals surface area contributed by atoms with Gasteiger partial charge in [0.05, 0.1) is 24.3 Å². The quantitative estimate of drug-likeness (QED) is 0.143. The van der Waals surface area contributed by atoms with Gasteiger partial charge in [-0.1, -0.05) is 37.3 Å². The van der Waals surface area contributed by atoms with Crippen LogP contribution in [0.1, 0.15) is 50.7 Å². The first-order valence-electron chi connectivity index (χ1n) is 14.1. The molecule has 0 aliphatic heterocycles. The van der Waals surface area contributed by atoms with Gasteiger partial charge in [-0.25, -0.2) is 19.3 Å². The van der Waals surface area contributed by atoms with Crippen molar-refractivity contribution in [3.8, 4) is 0 Å². The van der Waals surface area contributed by atoms with Crippen LogP contribution in [0.2, 0.25) is 0 Å². The van der Waals surface area contributed by atoms with Crippen LogP contribution in [0.25, 0.3) is 11.2 Å². The number of aromatic amines is 1. The van der Waals surface area contributed by atoms with Crippen molar-refractivity contribution >= 4 is 28.4 Å². The van der Waals surface area contributed by atoms with Crippen LogP contribution in [0.4, 0.5) is 15.9 Å². The number of fused-ring (bicyclic) bond motifs is 1. The SMILES string of the molecule is CCC(CC1CC(C=COCc2ccccc2)C1)C(=Nc1ccc(F)cc1C)C(C)Nc1ncnc2nc[nH]c12. The van der Waals surface area contributed by atoms with E-state index in [1.807, 2.05) is 31.4 Å². The average Bonchev–Trinajstić information content (AvgIpc) is 3.42. The number of hydrogen-bond acceptors (Lipinski definition) is 6. The number of H-pyrrole nitrogens is 1. The maximum absolute atomic E-state index is 13.8. The third-order valence-electron chi connectivity index (χ3n) is 7.77. The van der Waals surface area contributed by atoms with Crippen LogP contribution in [-0.2, 0) is 11.3 Å². The number of hydrogen-bond donors (Lipinski definition) is 2. The van der Waals surface area contributed by atoms with Gasteiger partial charge in [-0.15, -0.1) is 0 Å². The van der Waals surface area contributed by atoms with Crippen LogP contribution in [0, 0.1) is 30.5 Å². The predicted octanol–water partition coefficient (Wildman–Crippen LogP) is 7.55. The lowest BCUT2D eigenvalue weighted by atomic mass is 9.69. The summed E-state index contributed by atoms with van der Waals surface area (Å²) in [5.41, 5.74) is 5.22. The average molecular weight is 541 g/mol. The second-order valence-electron chi connectivity index (χ2n) is 10.7. The first kappa shape index (κ1) is 27.5. The molecule has 208 valence electrons. The zero-order valence-corrected chi connectivity index (χ0v) is 23.3. The summed E-state index contributed by atoms with van der Waals surface area (Å²) >= 11 is 0. The van der Waals surface area contributed by atoms with Gasteiger partial charge in [0.15, 0.2) is 11.5 Å². The van der Waals surface area contributed by atoms with Crippen molar-refractivity contribution in [3.63, 3.8) is 0 Å². The number of aryl methyl sites for hydroxylation is 1. The summed E-state index contributed by atoms with van der Waals surface area (Å²) in [5.74, 6) is 1.88. The van der Waals surface area contributed by atoms with Crippen LogP contribution in [0.3, 0.4) is 0 Å². The highest BCUT2D eigenvalue weighted by molar-refractivity contribution is 5.96. The van der Waals surface area contributed by atoms with E-state index in [9.17, 15) is 4.39 Å². The van der Waals surface area contributed by atoms with E-state index in [1.165, 1.54) is 24.0 Å². The molecule has 5 rings (SSSR count). The summed E-state index contributed by atoms with van der Waals surface area (Å²) in [4.78, 5) is 21.2. The molecule has 0 amide bonds. The van der Waals surface area contributed by atoms with E-state index in [0.29, 0.717) is 29.9 Å². The number of benzene rings is 2. The highest BCUT2D eigenvalue weighted by Gasteiger charge is 2.32. The Morgan fingerprint density at radius 2 is 2.00 bits per heavy atom. The largest absolute Gasteiger partial charge is 0.497 e. The molecule has 0 bridgehead atoms. The molecule has 1 fully saturated rings. The third kappa shape index (κ3) is 6.73. The van der Waals surface area contributed by atoms with Gasteiger partial charge in [0.25, 0.3) is 0 Å². The van der Waals surface area contributed by atoms with Gasteiger partial charge in [-0.05, 0) is 92.7 Å². The summed E-state index contributed by atoms with van der Waals surface area (Å²) in [5, 5.41) is 3.55. The number of halogens is 1. The van der Waals surface area contributed by atoms with Gasteiger partial charge in [0, 0.05) is 5.71 Å². The Morgan fingerprint density at radius 3 is 2.77 bits per heavy atom. The lowest BCUT2D eigenvalue weighted by Crippen LogP contribution is -2.35. The smallest absolute Gasteiger partial charge is 0.182 e. The molecule has 1 aliphatic carbocycles. The molecule has 0 spiro atoms. The summed E-state index contributed by atoms with van der Waals surface area (Å²) in [6.45, 7) is 6.83. The van der Waals surface area contributed by atoms with Crippen molar-refractivity contribution in [1.82, 2.24) is 19.9 Å². The lowest BCUT2D eigenvalue weighted by molar-refractivity contribution is 0.194. The van der Waals surface area contributed by atoms with Gasteiger partial charge >= 0.3 is 0 Å². The Balaban J connectivity index is 1.27. The zero-order chi connectivity index (χ0) is 27.9. The molecule has 2 unspecified atom stereocenters. The Morgan fingerprint density at radius 1 is 1.18 bits per heavy atom. The molecule has 8 heteroatoms. The molecule has 0 saturated heterocycles. The molecular formula is C32H37FN6O. The number of nitrogens with zero attached hydrogens (tertiary/aromatic N) is 4. The van der Waals surface area contributed by atoms with Crippen LogP contribution < -0.4 is 5.32 Å². The predicted molar refractivity (Wildman–Crippen MR) is 158 cm³/mol. The van der Waals surface area contributed by atoms with Gasteiger partial charge in [-0.2, -0.15) is 0 Å². The summed E-state index contributed by atoms with van der Waals surface area (Å²) in [6, 6.07) is 14.9. The van der Waals surface area contributed by atoms with E-state index in [1.54, 1.807) is 12.4 Å². The second-order valence-corrected chi connectivity index (χ2v) is 10.7. The van der Waals surface area contributed by atoms with Crippen LogP contribution in [0.15, 0.2) is 78.5 Å². The van der Waals surface area contributed by atoms with E-state index in [0.717, 1.165) is 48.2 Å². The number of anilines is 1. The molecule has 2 aromatic heterocycles. The highest BCUT2D eigenvalue weighted by Crippen LogP contribution is 2.40. The summed E-state index contributed by atoms with van der Waals surface area (Å²) in [7, 11) is 0. The standard InChI is InChI=1S/C32H37FN6O/c1-4-26(17-25-15-24(16-25)12-13-40-18-23-8-6-5-7-9-23)29(39-28-11-10-27(33)14-21(28)2)22(3)38-32-30-31(35-19-34-30)36-20-37-32/h5-14,19-20,22,24-26H,4,15-18H2,1-3H3,(H2,34,35,36,37,38).